The third-order valence-corrected chi connectivity index (χ3v) is 4.00. The van der Waals surface area contributed by atoms with E-state index in [0.717, 1.165) is 19.5 Å². The Labute approximate surface area is 141 Å². The molecule has 0 bridgehead atoms. The summed E-state index contributed by atoms with van der Waals surface area (Å²) in [6, 6.07) is 1.79. The van der Waals surface area contributed by atoms with Crippen LogP contribution in [0, 0.1) is 0 Å². The normalized spacial score (nSPS) is 13.7. The first-order valence-electron chi connectivity index (χ1n) is 7.21. The summed E-state index contributed by atoms with van der Waals surface area (Å²) in [6.45, 7) is 3.03. The molecule has 3 N–H and O–H groups in total. The molecule has 1 aliphatic rings. The van der Waals surface area contributed by atoms with E-state index in [4.69, 9.17) is 0 Å². The van der Waals surface area contributed by atoms with Crippen molar-refractivity contribution in [2.75, 3.05) is 26.2 Å². The first-order chi connectivity index (χ1) is 10.3. The second kappa shape index (κ2) is 10.4. The third kappa shape index (κ3) is 6.60. The number of thiophene rings is 1. The van der Waals surface area contributed by atoms with Gasteiger partial charge < -0.3 is 16.0 Å². The van der Waals surface area contributed by atoms with Crippen molar-refractivity contribution < 1.29 is 9.59 Å². The number of rotatable bonds is 7. The number of amides is 2. The lowest BCUT2D eigenvalue weighted by atomic mass is 10.1. The molecule has 122 valence electrons. The van der Waals surface area contributed by atoms with Gasteiger partial charge in [0.15, 0.2) is 0 Å². The lowest BCUT2D eigenvalue weighted by molar-refractivity contribution is -0.121. The highest BCUT2D eigenvalue weighted by molar-refractivity contribution is 7.08. The van der Waals surface area contributed by atoms with E-state index in [1.54, 1.807) is 6.07 Å². The molecule has 1 aromatic heterocycles. The minimum absolute atomic E-state index is 0. The molecule has 5 nitrogen and oxygen atoms in total. The second-order valence-electron chi connectivity index (χ2n) is 4.96. The van der Waals surface area contributed by atoms with Crippen LogP contribution in [0.25, 0.3) is 0 Å². The number of nitrogens with one attached hydrogen (secondary N) is 3. The maximum Gasteiger partial charge on any atom is 0.252 e. The van der Waals surface area contributed by atoms with E-state index in [2.05, 4.69) is 22.0 Å². The van der Waals surface area contributed by atoms with E-state index in [1.165, 1.54) is 16.9 Å². The van der Waals surface area contributed by atoms with Crippen LogP contribution in [0.3, 0.4) is 0 Å². The molecule has 1 aromatic rings. The lowest BCUT2D eigenvalue weighted by Crippen LogP contribution is -2.30. The van der Waals surface area contributed by atoms with Crippen LogP contribution in [0.5, 0.6) is 0 Å². The molecule has 0 saturated carbocycles. The van der Waals surface area contributed by atoms with Gasteiger partial charge in [-0.05, 0) is 30.8 Å². The van der Waals surface area contributed by atoms with Crippen molar-refractivity contribution in [3.63, 3.8) is 0 Å². The number of hydrogen-bond acceptors (Lipinski definition) is 4. The summed E-state index contributed by atoms with van der Waals surface area (Å²) < 4.78 is 0. The molecule has 0 fully saturated rings. The fraction of sp³-hybridized carbons (Fsp3) is 0.467. The fourth-order valence-corrected chi connectivity index (χ4v) is 2.71. The molecule has 2 amide bonds. The highest BCUT2D eigenvalue weighted by atomic mass is 35.5. The summed E-state index contributed by atoms with van der Waals surface area (Å²) in [5, 5.41) is 12.7. The zero-order chi connectivity index (χ0) is 14.9. The maximum absolute atomic E-state index is 11.7. The Morgan fingerprint density at radius 2 is 2.18 bits per heavy atom. The summed E-state index contributed by atoms with van der Waals surface area (Å²) in [5.41, 5.74) is 1.97. The van der Waals surface area contributed by atoms with Crippen molar-refractivity contribution in [2.45, 2.75) is 19.3 Å². The molecule has 2 rings (SSSR count). The molecule has 0 aromatic carbocycles. The Kier molecular flexibility index (Phi) is 8.81. The second-order valence-corrected chi connectivity index (χ2v) is 5.74. The standard InChI is InChI=1S/C15H21N3O2S.ClH/c19-14(18-10-12-3-7-16-8-4-12)2-1-6-17-15(20)13-5-9-21-11-13;/h3,5,9,11,16H,1-2,4,6-8,10H2,(H,17,20)(H,18,19);1H. The summed E-state index contributed by atoms with van der Waals surface area (Å²) in [6.07, 6.45) is 4.22. The average Bonchev–Trinajstić information content (AvgIpc) is 3.05. The molecule has 7 heteroatoms. The first-order valence-corrected chi connectivity index (χ1v) is 8.15. The van der Waals surface area contributed by atoms with E-state index >= 15 is 0 Å². The van der Waals surface area contributed by atoms with Gasteiger partial charge in [-0.15, -0.1) is 12.4 Å². The summed E-state index contributed by atoms with van der Waals surface area (Å²) in [4.78, 5) is 23.4. The van der Waals surface area contributed by atoms with Crippen LogP contribution in [-0.4, -0.2) is 38.0 Å². The van der Waals surface area contributed by atoms with Gasteiger partial charge >= 0.3 is 0 Å². The topological polar surface area (TPSA) is 70.2 Å². The molecule has 0 atom stereocenters. The fourth-order valence-electron chi connectivity index (χ4n) is 2.08. The van der Waals surface area contributed by atoms with Gasteiger partial charge in [0.1, 0.15) is 0 Å². The molecular weight excluding hydrogens is 322 g/mol. The van der Waals surface area contributed by atoms with Crippen LogP contribution in [0.4, 0.5) is 0 Å². The van der Waals surface area contributed by atoms with E-state index in [9.17, 15) is 9.59 Å². The SMILES string of the molecule is Cl.O=C(CCCNC(=O)c1ccsc1)NCC1=CCNCC1. The first kappa shape index (κ1) is 18.7. The van der Waals surface area contributed by atoms with Crippen molar-refractivity contribution in [2.24, 2.45) is 0 Å². The highest BCUT2D eigenvalue weighted by Gasteiger charge is 2.07. The van der Waals surface area contributed by atoms with Gasteiger partial charge in [0.25, 0.3) is 5.91 Å². The van der Waals surface area contributed by atoms with Gasteiger partial charge in [0.2, 0.25) is 5.91 Å². The van der Waals surface area contributed by atoms with E-state index in [0.29, 0.717) is 31.5 Å². The molecule has 0 aliphatic carbocycles. The predicted octanol–water partition coefficient (Wildman–Crippen LogP) is 1.72. The van der Waals surface area contributed by atoms with Crippen LogP contribution in [0.15, 0.2) is 28.5 Å². The Morgan fingerprint density at radius 3 is 2.86 bits per heavy atom. The molecule has 2 heterocycles. The lowest BCUT2D eigenvalue weighted by Gasteiger charge is -2.14. The van der Waals surface area contributed by atoms with Gasteiger partial charge in [-0.1, -0.05) is 11.6 Å². The van der Waals surface area contributed by atoms with Crippen LogP contribution in [0.2, 0.25) is 0 Å². The zero-order valence-corrected chi connectivity index (χ0v) is 14.0. The molecule has 22 heavy (non-hydrogen) atoms. The van der Waals surface area contributed by atoms with Crippen molar-refractivity contribution >= 4 is 35.6 Å². The zero-order valence-electron chi connectivity index (χ0n) is 12.4. The largest absolute Gasteiger partial charge is 0.352 e. The van der Waals surface area contributed by atoms with Crippen molar-refractivity contribution in [1.29, 1.82) is 0 Å². The van der Waals surface area contributed by atoms with E-state index in [1.807, 2.05) is 10.8 Å². The Morgan fingerprint density at radius 1 is 1.32 bits per heavy atom. The van der Waals surface area contributed by atoms with Crippen molar-refractivity contribution in [3.05, 3.63) is 34.0 Å². The maximum atomic E-state index is 11.7. The number of hydrogen-bond donors (Lipinski definition) is 3. The Balaban J connectivity index is 0.00000242. The molecular formula is C15H22ClN3O2S. The highest BCUT2D eigenvalue weighted by Crippen LogP contribution is 2.05. The van der Waals surface area contributed by atoms with Crippen LogP contribution >= 0.6 is 23.7 Å². The Bertz CT molecular complexity index is 503. The predicted molar refractivity (Wildman–Crippen MR) is 91.7 cm³/mol. The summed E-state index contributed by atoms with van der Waals surface area (Å²) >= 11 is 1.50. The number of carbonyl (C=O) groups excluding carboxylic acids is 2. The Hall–Kier alpha value is -1.37. The van der Waals surface area contributed by atoms with Gasteiger partial charge in [-0.3, -0.25) is 9.59 Å². The van der Waals surface area contributed by atoms with Crippen LogP contribution in [-0.2, 0) is 4.79 Å². The average molecular weight is 344 g/mol. The number of carbonyl (C=O) groups is 2. The van der Waals surface area contributed by atoms with Crippen LogP contribution < -0.4 is 16.0 Å². The minimum atomic E-state index is -0.0727. The van der Waals surface area contributed by atoms with Gasteiger partial charge in [-0.25, -0.2) is 0 Å². The monoisotopic (exact) mass is 343 g/mol. The molecule has 0 unspecified atom stereocenters. The van der Waals surface area contributed by atoms with E-state index < -0.39 is 0 Å². The van der Waals surface area contributed by atoms with Gasteiger partial charge in [0.05, 0.1) is 0 Å². The van der Waals surface area contributed by atoms with Gasteiger partial charge in [-0.2, -0.15) is 11.3 Å². The van der Waals surface area contributed by atoms with Crippen molar-refractivity contribution in [1.82, 2.24) is 16.0 Å². The smallest absolute Gasteiger partial charge is 0.252 e. The summed E-state index contributed by atoms with van der Waals surface area (Å²) in [5.74, 6) is -0.0317. The minimum Gasteiger partial charge on any atom is -0.352 e. The third-order valence-electron chi connectivity index (χ3n) is 3.32. The molecule has 0 spiro atoms. The van der Waals surface area contributed by atoms with E-state index in [-0.39, 0.29) is 24.2 Å². The summed E-state index contributed by atoms with van der Waals surface area (Å²) in [7, 11) is 0. The van der Waals surface area contributed by atoms with Gasteiger partial charge in [0, 0.05) is 37.0 Å². The van der Waals surface area contributed by atoms with Crippen molar-refractivity contribution in [3.8, 4) is 0 Å². The molecule has 0 saturated heterocycles. The molecule has 1 aliphatic heterocycles. The molecule has 0 radical (unpaired) electrons. The quantitative estimate of drug-likeness (QED) is 0.521. The number of halogens is 1. The van der Waals surface area contributed by atoms with Crippen LogP contribution in [0.1, 0.15) is 29.6 Å².